The van der Waals surface area contributed by atoms with Crippen LogP contribution in [0.3, 0.4) is 0 Å². The molecule has 2 aromatic carbocycles. The first-order valence-corrected chi connectivity index (χ1v) is 15.4. The van der Waals surface area contributed by atoms with Gasteiger partial charge >= 0.3 is 0 Å². The molecule has 0 heterocycles. The standard InChI is InChI=1S/C33H43ClF4/c1-2-3-4-5-6-7-22-8-10-23(11-9-22)12-13-24-14-16-25(17-15-24)26-18-28(35)32(29(36)19-26)27-20-30(37)33(34)31(38)21-27/h18-25H,2-17H2,1H3/t22-,23-,24-,25-. The highest BCUT2D eigenvalue weighted by atomic mass is 35.5. The van der Waals surface area contributed by atoms with Crippen molar-refractivity contribution < 1.29 is 17.6 Å². The lowest BCUT2D eigenvalue weighted by atomic mass is 9.74. The van der Waals surface area contributed by atoms with Gasteiger partial charge in [0.2, 0.25) is 0 Å². The third kappa shape index (κ3) is 7.77. The smallest absolute Gasteiger partial charge is 0.145 e. The van der Waals surface area contributed by atoms with E-state index < -0.39 is 33.9 Å². The van der Waals surface area contributed by atoms with Crippen molar-refractivity contribution in [2.24, 2.45) is 17.8 Å². The second kappa shape index (κ2) is 14.2. The lowest BCUT2D eigenvalue weighted by Crippen LogP contribution is -2.18. The van der Waals surface area contributed by atoms with Gasteiger partial charge in [0.05, 0.1) is 5.56 Å². The normalized spacial score (nSPS) is 24.1. The number of halogens is 5. The summed E-state index contributed by atoms with van der Waals surface area (Å²) in [6, 6.07) is 4.43. The molecule has 2 aliphatic carbocycles. The van der Waals surface area contributed by atoms with Crippen LogP contribution in [0.2, 0.25) is 5.02 Å². The molecule has 0 N–H and O–H groups in total. The average molecular weight is 551 g/mol. The fourth-order valence-electron chi connectivity index (χ4n) is 6.91. The molecular weight excluding hydrogens is 508 g/mol. The summed E-state index contributed by atoms with van der Waals surface area (Å²) in [4.78, 5) is 0. The molecule has 0 aromatic heterocycles. The summed E-state index contributed by atoms with van der Waals surface area (Å²) in [6.07, 6.45) is 20.6. The van der Waals surface area contributed by atoms with Crippen LogP contribution in [0.4, 0.5) is 17.6 Å². The second-order valence-electron chi connectivity index (χ2n) is 12.0. The molecule has 0 nitrogen and oxygen atoms in total. The monoisotopic (exact) mass is 550 g/mol. The minimum Gasteiger partial charge on any atom is -0.206 e. The number of hydrogen-bond acceptors (Lipinski definition) is 0. The summed E-state index contributed by atoms with van der Waals surface area (Å²) in [5.74, 6) is -0.995. The molecule has 0 amide bonds. The van der Waals surface area contributed by atoms with Gasteiger partial charge in [-0.1, -0.05) is 95.6 Å². The summed E-state index contributed by atoms with van der Waals surface area (Å²) in [7, 11) is 0. The molecular formula is C33H43ClF4. The molecule has 210 valence electrons. The fraction of sp³-hybridized carbons (Fsp3) is 0.636. The highest BCUT2D eigenvalue weighted by Crippen LogP contribution is 2.42. The van der Waals surface area contributed by atoms with Gasteiger partial charge in [-0.05, 0) is 84.7 Å². The molecule has 0 saturated heterocycles. The number of hydrogen-bond donors (Lipinski definition) is 0. The van der Waals surface area contributed by atoms with Gasteiger partial charge in [0.25, 0.3) is 0 Å². The zero-order chi connectivity index (χ0) is 27.1. The van der Waals surface area contributed by atoms with E-state index in [1.54, 1.807) is 0 Å². The molecule has 0 spiro atoms. The third-order valence-electron chi connectivity index (χ3n) is 9.32. The van der Waals surface area contributed by atoms with Crippen molar-refractivity contribution in [3.05, 3.63) is 58.1 Å². The maximum Gasteiger partial charge on any atom is 0.145 e. The van der Waals surface area contributed by atoms with E-state index in [0.717, 1.165) is 49.7 Å². The molecule has 0 unspecified atom stereocenters. The van der Waals surface area contributed by atoms with Gasteiger partial charge in [-0.25, -0.2) is 17.6 Å². The maximum absolute atomic E-state index is 14.9. The first-order chi connectivity index (χ1) is 18.4. The Kier molecular flexibility index (Phi) is 11.0. The predicted molar refractivity (Wildman–Crippen MR) is 149 cm³/mol. The highest BCUT2D eigenvalue weighted by molar-refractivity contribution is 6.31. The zero-order valence-electron chi connectivity index (χ0n) is 22.8. The van der Waals surface area contributed by atoms with Crippen molar-refractivity contribution >= 4 is 11.6 Å². The van der Waals surface area contributed by atoms with Crippen molar-refractivity contribution in [3.63, 3.8) is 0 Å². The Hall–Kier alpha value is -1.55. The second-order valence-corrected chi connectivity index (χ2v) is 12.4. The average Bonchev–Trinajstić information content (AvgIpc) is 2.91. The van der Waals surface area contributed by atoms with Gasteiger partial charge in [0.1, 0.15) is 28.3 Å². The topological polar surface area (TPSA) is 0 Å². The largest absolute Gasteiger partial charge is 0.206 e. The Bertz CT molecular complexity index is 989. The van der Waals surface area contributed by atoms with Crippen molar-refractivity contribution in [3.8, 4) is 11.1 Å². The summed E-state index contributed by atoms with van der Waals surface area (Å²) in [6.45, 7) is 2.27. The van der Waals surface area contributed by atoms with Crippen LogP contribution in [0.25, 0.3) is 11.1 Å². The zero-order valence-corrected chi connectivity index (χ0v) is 23.6. The predicted octanol–water partition coefficient (Wildman–Crippen LogP) is 11.8. The van der Waals surface area contributed by atoms with Crippen molar-refractivity contribution in [1.29, 1.82) is 0 Å². The molecule has 38 heavy (non-hydrogen) atoms. The van der Waals surface area contributed by atoms with Gasteiger partial charge < -0.3 is 0 Å². The van der Waals surface area contributed by atoms with E-state index in [-0.39, 0.29) is 11.5 Å². The van der Waals surface area contributed by atoms with Gasteiger partial charge in [0, 0.05) is 0 Å². The van der Waals surface area contributed by atoms with E-state index in [4.69, 9.17) is 11.6 Å². The molecule has 0 radical (unpaired) electrons. The minimum atomic E-state index is -1.03. The Balaban J connectivity index is 1.22. The summed E-state index contributed by atoms with van der Waals surface area (Å²) < 4.78 is 57.6. The summed E-state index contributed by atoms with van der Waals surface area (Å²) in [5, 5.41) is -0.677. The van der Waals surface area contributed by atoms with E-state index in [0.29, 0.717) is 11.5 Å². The van der Waals surface area contributed by atoms with Gasteiger partial charge in [-0.15, -0.1) is 0 Å². The van der Waals surface area contributed by atoms with E-state index in [9.17, 15) is 17.6 Å². The minimum absolute atomic E-state index is 0.121. The van der Waals surface area contributed by atoms with E-state index in [1.807, 2.05) is 0 Å². The number of rotatable bonds is 11. The Morgan fingerprint density at radius 2 is 1.08 bits per heavy atom. The number of unbranched alkanes of at least 4 members (excludes halogenated alkanes) is 4. The molecule has 4 rings (SSSR count). The Morgan fingerprint density at radius 1 is 0.605 bits per heavy atom. The molecule has 2 fully saturated rings. The highest BCUT2D eigenvalue weighted by Gasteiger charge is 2.27. The Morgan fingerprint density at radius 3 is 1.61 bits per heavy atom. The van der Waals surface area contributed by atoms with Crippen LogP contribution in [0.1, 0.15) is 121 Å². The first-order valence-electron chi connectivity index (χ1n) is 15.0. The van der Waals surface area contributed by atoms with Crippen LogP contribution < -0.4 is 0 Å². The molecule has 2 aliphatic rings. The Labute approximate surface area is 231 Å². The molecule has 0 atom stereocenters. The molecule has 2 aromatic rings. The maximum atomic E-state index is 14.9. The van der Waals surface area contributed by atoms with Gasteiger partial charge in [-0.3, -0.25) is 0 Å². The van der Waals surface area contributed by atoms with Crippen molar-refractivity contribution in [1.82, 2.24) is 0 Å². The lowest BCUT2D eigenvalue weighted by Gasteiger charge is -2.32. The quantitative estimate of drug-likeness (QED) is 0.148. The van der Waals surface area contributed by atoms with Crippen LogP contribution in [-0.2, 0) is 0 Å². The van der Waals surface area contributed by atoms with Crippen LogP contribution in [0.15, 0.2) is 24.3 Å². The number of benzene rings is 2. The molecule has 0 bridgehead atoms. The van der Waals surface area contributed by atoms with Gasteiger partial charge in [0.15, 0.2) is 0 Å². The SMILES string of the molecule is CCCCCCC[C@H]1CC[C@H](CC[C@H]2CC[C@H](c3cc(F)c(-c4cc(F)c(Cl)c(F)c4)c(F)c3)CC2)CC1. The van der Waals surface area contributed by atoms with E-state index >= 15 is 0 Å². The fourth-order valence-corrected chi connectivity index (χ4v) is 7.01. The summed E-state index contributed by atoms with van der Waals surface area (Å²) in [5.41, 5.74) is 0.0453. The molecule has 5 heteroatoms. The van der Waals surface area contributed by atoms with Crippen LogP contribution in [0.5, 0.6) is 0 Å². The van der Waals surface area contributed by atoms with Crippen LogP contribution in [-0.4, -0.2) is 0 Å². The van der Waals surface area contributed by atoms with Crippen LogP contribution >= 0.6 is 11.6 Å². The van der Waals surface area contributed by atoms with Crippen molar-refractivity contribution in [2.75, 3.05) is 0 Å². The lowest BCUT2D eigenvalue weighted by molar-refractivity contribution is 0.222. The van der Waals surface area contributed by atoms with Crippen molar-refractivity contribution in [2.45, 2.75) is 116 Å². The third-order valence-corrected chi connectivity index (χ3v) is 9.68. The van der Waals surface area contributed by atoms with Crippen LogP contribution in [0, 0.1) is 41.0 Å². The molecule has 0 aliphatic heterocycles. The molecule has 2 saturated carbocycles. The van der Waals surface area contributed by atoms with E-state index in [2.05, 4.69) is 6.92 Å². The van der Waals surface area contributed by atoms with Gasteiger partial charge in [-0.2, -0.15) is 0 Å². The van der Waals surface area contributed by atoms with E-state index in [1.165, 1.54) is 89.2 Å². The summed E-state index contributed by atoms with van der Waals surface area (Å²) >= 11 is 5.52. The first kappa shape index (κ1) is 29.4.